The molecular weight excluding hydrogens is 437 g/mol. The van der Waals surface area contributed by atoms with Gasteiger partial charge in [-0.3, -0.25) is 19.8 Å². The fraction of sp³-hybridized carbons (Fsp3) is 0.115. The molecule has 34 heavy (non-hydrogen) atoms. The van der Waals surface area contributed by atoms with E-state index in [1.165, 1.54) is 12.3 Å². The lowest BCUT2D eigenvalue weighted by atomic mass is 10.0. The van der Waals surface area contributed by atoms with Crippen molar-refractivity contribution in [2.75, 3.05) is 0 Å². The summed E-state index contributed by atoms with van der Waals surface area (Å²) in [6, 6.07) is 16.8. The van der Waals surface area contributed by atoms with Gasteiger partial charge in [0.05, 0.1) is 17.0 Å². The van der Waals surface area contributed by atoms with E-state index in [1.807, 2.05) is 6.92 Å². The maximum atomic E-state index is 13.9. The fourth-order valence-electron chi connectivity index (χ4n) is 3.51. The Balaban J connectivity index is 1.39. The molecule has 3 N–H and O–H groups in total. The number of pyridine rings is 1. The molecule has 0 aliphatic carbocycles. The van der Waals surface area contributed by atoms with Gasteiger partial charge in [-0.2, -0.15) is 0 Å². The summed E-state index contributed by atoms with van der Waals surface area (Å²) < 4.78 is 19.8. The summed E-state index contributed by atoms with van der Waals surface area (Å²) in [5.74, 6) is 0.0395. The predicted octanol–water partition coefficient (Wildman–Crippen LogP) is 4.79. The third-order valence-electron chi connectivity index (χ3n) is 5.20. The number of aromatic nitrogens is 2. The number of nitrogens with one attached hydrogen (secondary N) is 2. The molecule has 4 aromatic rings. The molecule has 4 rings (SSSR count). The van der Waals surface area contributed by atoms with E-state index in [4.69, 9.17) is 9.94 Å². The number of carbonyl (C=O) groups is 2. The molecule has 0 radical (unpaired) electrons. The summed E-state index contributed by atoms with van der Waals surface area (Å²) in [5.41, 5.74) is 5.12. The number of halogens is 1. The maximum absolute atomic E-state index is 13.9. The van der Waals surface area contributed by atoms with Crippen molar-refractivity contribution in [3.05, 3.63) is 101 Å². The number of carbonyl (C=O) groups excluding carboxylic acids is 2. The van der Waals surface area contributed by atoms with Gasteiger partial charge in [0.15, 0.2) is 0 Å². The second kappa shape index (κ2) is 10.1. The van der Waals surface area contributed by atoms with Gasteiger partial charge in [0.1, 0.15) is 23.1 Å². The number of H-pyrrole nitrogens is 1. The lowest BCUT2D eigenvalue weighted by Gasteiger charge is -2.08. The number of hydrogen-bond donors (Lipinski definition) is 3. The van der Waals surface area contributed by atoms with E-state index in [-0.39, 0.29) is 30.0 Å². The van der Waals surface area contributed by atoms with Crippen molar-refractivity contribution >= 4 is 11.7 Å². The highest BCUT2D eigenvalue weighted by atomic mass is 19.1. The minimum Gasteiger partial charge on any atom is -0.457 e. The smallest absolute Gasteiger partial charge is 0.276 e. The number of benzene rings is 2. The first-order valence-electron chi connectivity index (χ1n) is 10.5. The zero-order valence-electron chi connectivity index (χ0n) is 18.3. The molecule has 0 atom stereocenters. The van der Waals surface area contributed by atoms with Crippen LogP contribution in [0.25, 0.3) is 11.4 Å². The molecule has 0 spiro atoms. The highest BCUT2D eigenvalue weighted by Crippen LogP contribution is 2.26. The van der Waals surface area contributed by atoms with Crippen LogP contribution >= 0.6 is 0 Å². The molecule has 0 saturated heterocycles. The fourth-order valence-corrected chi connectivity index (χ4v) is 3.51. The molecule has 0 bridgehead atoms. The van der Waals surface area contributed by atoms with E-state index < -0.39 is 5.91 Å². The number of rotatable bonds is 8. The molecule has 2 aromatic heterocycles. The van der Waals surface area contributed by atoms with Crippen LogP contribution in [0.3, 0.4) is 0 Å². The van der Waals surface area contributed by atoms with E-state index in [1.54, 1.807) is 66.3 Å². The van der Waals surface area contributed by atoms with Crippen molar-refractivity contribution < 1.29 is 23.9 Å². The first-order chi connectivity index (χ1) is 16.4. The Bertz CT molecular complexity index is 1330. The minimum atomic E-state index is -0.627. The first-order valence-corrected chi connectivity index (χ1v) is 10.5. The van der Waals surface area contributed by atoms with Gasteiger partial charge < -0.3 is 9.72 Å². The van der Waals surface area contributed by atoms with Gasteiger partial charge in [0.2, 0.25) is 0 Å². The Morgan fingerprint density at radius 3 is 2.59 bits per heavy atom. The van der Waals surface area contributed by atoms with Gasteiger partial charge in [-0.1, -0.05) is 29.8 Å². The van der Waals surface area contributed by atoms with Gasteiger partial charge in [-0.05, 0) is 48.4 Å². The number of ketones is 1. The van der Waals surface area contributed by atoms with E-state index in [9.17, 15) is 14.0 Å². The Hall–Kier alpha value is -4.30. The van der Waals surface area contributed by atoms with Crippen molar-refractivity contribution in [3.63, 3.8) is 0 Å². The highest BCUT2D eigenvalue weighted by molar-refractivity contribution is 5.94. The molecule has 0 aliphatic rings. The first kappa shape index (κ1) is 22.9. The van der Waals surface area contributed by atoms with Gasteiger partial charge in [-0.25, -0.2) is 9.87 Å². The van der Waals surface area contributed by atoms with E-state index in [2.05, 4.69) is 9.97 Å². The number of aromatic amines is 1. The van der Waals surface area contributed by atoms with Crippen LogP contribution in [0.2, 0.25) is 0 Å². The lowest BCUT2D eigenvalue weighted by molar-refractivity contribution is -0.117. The second-order valence-corrected chi connectivity index (χ2v) is 7.85. The quantitative estimate of drug-likeness (QED) is 0.260. The third-order valence-corrected chi connectivity index (χ3v) is 5.20. The van der Waals surface area contributed by atoms with Crippen molar-refractivity contribution in [1.29, 1.82) is 0 Å². The molecule has 7 nitrogen and oxygen atoms in total. The van der Waals surface area contributed by atoms with Gasteiger partial charge >= 0.3 is 0 Å². The number of hydrogen-bond acceptors (Lipinski definition) is 5. The summed E-state index contributed by atoms with van der Waals surface area (Å²) >= 11 is 0. The van der Waals surface area contributed by atoms with E-state index in [0.29, 0.717) is 28.5 Å². The number of amides is 1. The molecule has 2 aromatic carbocycles. The highest BCUT2D eigenvalue weighted by Gasteiger charge is 2.12. The summed E-state index contributed by atoms with van der Waals surface area (Å²) in [6.07, 6.45) is 3.29. The Morgan fingerprint density at radius 2 is 1.82 bits per heavy atom. The van der Waals surface area contributed by atoms with Gasteiger partial charge in [0.25, 0.3) is 5.91 Å². The summed E-state index contributed by atoms with van der Waals surface area (Å²) in [5, 5.41) is 8.75. The number of Topliss-reactive ketones (excluding diaryl/α,β-unsaturated/α-hetero) is 1. The predicted molar refractivity (Wildman–Crippen MR) is 123 cm³/mol. The monoisotopic (exact) mass is 459 g/mol. The minimum absolute atomic E-state index is 0.0476. The van der Waals surface area contributed by atoms with Crippen LogP contribution in [-0.2, 0) is 17.6 Å². The Morgan fingerprint density at radius 1 is 1.03 bits per heavy atom. The molecule has 0 fully saturated rings. The number of nitrogens with zero attached hydrogens (tertiary/aromatic N) is 1. The number of hydroxylamine groups is 1. The van der Waals surface area contributed by atoms with Crippen molar-refractivity contribution in [1.82, 2.24) is 15.4 Å². The molecule has 0 saturated carbocycles. The van der Waals surface area contributed by atoms with Crippen LogP contribution < -0.4 is 10.2 Å². The van der Waals surface area contributed by atoms with E-state index >= 15 is 0 Å². The topological polar surface area (TPSA) is 104 Å². The van der Waals surface area contributed by atoms with Crippen molar-refractivity contribution in [2.24, 2.45) is 0 Å². The zero-order valence-corrected chi connectivity index (χ0v) is 18.3. The van der Waals surface area contributed by atoms with E-state index in [0.717, 1.165) is 11.1 Å². The largest absolute Gasteiger partial charge is 0.457 e. The summed E-state index contributed by atoms with van der Waals surface area (Å²) in [6.45, 7) is 1.86. The van der Waals surface area contributed by atoms with Crippen LogP contribution in [0.15, 0.2) is 73.1 Å². The number of ether oxygens (including phenoxy) is 1. The Labute approximate surface area is 195 Å². The van der Waals surface area contributed by atoms with Crippen molar-refractivity contribution in [2.45, 2.75) is 19.8 Å². The van der Waals surface area contributed by atoms with Crippen LogP contribution in [0.4, 0.5) is 4.39 Å². The molecular formula is C26H22FN3O4. The molecule has 0 unspecified atom stereocenters. The molecule has 8 heteroatoms. The summed E-state index contributed by atoms with van der Waals surface area (Å²) in [7, 11) is 0. The van der Waals surface area contributed by atoms with Gasteiger partial charge in [0, 0.05) is 31.3 Å². The Kier molecular flexibility index (Phi) is 6.79. The van der Waals surface area contributed by atoms with Crippen LogP contribution in [-0.4, -0.2) is 26.9 Å². The van der Waals surface area contributed by atoms with Gasteiger partial charge in [-0.15, -0.1) is 0 Å². The molecule has 1 amide bonds. The summed E-state index contributed by atoms with van der Waals surface area (Å²) in [4.78, 5) is 31.1. The van der Waals surface area contributed by atoms with Crippen LogP contribution in [0, 0.1) is 12.7 Å². The average Bonchev–Trinajstić information content (AvgIpc) is 3.33. The van der Waals surface area contributed by atoms with Crippen LogP contribution in [0.5, 0.6) is 11.5 Å². The second-order valence-electron chi connectivity index (χ2n) is 7.85. The average molecular weight is 459 g/mol. The number of aryl methyl sites for hydroxylation is 1. The maximum Gasteiger partial charge on any atom is 0.276 e. The third kappa shape index (κ3) is 5.54. The SMILES string of the molecule is Cc1ccc(F)c(CC(=O)Cc2ccc(Oc3ccnc(-c4cc(C(=O)NO)c[nH]4)c3)cc2)c1. The lowest BCUT2D eigenvalue weighted by Crippen LogP contribution is -2.17. The molecule has 2 heterocycles. The van der Waals surface area contributed by atoms with Crippen molar-refractivity contribution in [3.8, 4) is 22.9 Å². The normalized spacial score (nSPS) is 10.7. The molecule has 172 valence electrons. The standard InChI is InChI=1S/C26H22FN3O4/c1-16-2-7-23(27)18(10-16)12-20(31)11-17-3-5-21(6-4-17)34-22-8-9-28-25(14-22)24-13-19(15-29-24)26(32)30-33/h2-10,13-15,29,33H,11-12H2,1H3,(H,30,32). The molecule has 0 aliphatic heterocycles. The van der Waals surface area contributed by atoms with Crippen LogP contribution in [0.1, 0.15) is 27.0 Å². The zero-order chi connectivity index (χ0) is 24.1.